The fourth-order valence-electron chi connectivity index (χ4n) is 2.86. The highest BCUT2D eigenvalue weighted by Gasteiger charge is 2.13. The van der Waals surface area contributed by atoms with Gasteiger partial charge in [0, 0.05) is 11.3 Å². The molecular formula is C21H22FN3O2. The Morgan fingerprint density at radius 1 is 1.11 bits per heavy atom. The maximum Gasteiger partial charge on any atom is 0.316 e. The molecule has 5 nitrogen and oxygen atoms in total. The van der Waals surface area contributed by atoms with E-state index < -0.39 is 5.56 Å². The van der Waals surface area contributed by atoms with Crippen LogP contribution in [-0.4, -0.2) is 16.7 Å². The number of methoxy groups -OCH3 is 1. The molecule has 1 N–H and O–H groups in total. The molecule has 0 radical (unpaired) electrons. The summed E-state index contributed by atoms with van der Waals surface area (Å²) in [7, 11) is 1.41. The molecule has 1 heterocycles. The lowest BCUT2D eigenvalue weighted by atomic mass is 10.1. The normalized spacial score (nSPS) is 10.7. The Morgan fingerprint density at radius 3 is 2.52 bits per heavy atom. The first kappa shape index (κ1) is 18.6. The zero-order chi connectivity index (χ0) is 19.6. The number of anilines is 2. The summed E-state index contributed by atoms with van der Waals surface area (Å²) in [5, 5.41) is 3.21. The molecule has 27 heavy (non-hydrogen) atoms. The molecule has 0 saturated heterocycles. The number of hydrogen-bond donors (Lipinski definition) is 1. The van der Waals surface area contributed by atoms with Crippen LogP contribution in [-0.2, 0) is 6.54 Å². The van der Waals surface area contributed by atoms with Crippen LogP contribution in [0.4, 0.5) is 16.0 Å². The Hall–Kier alpha value is -3.15. The van der Waals surface area contributed by atoms with Gasteiger partial charge in [0.2, 0.25) is 11.7 Å². The van der Waals surface area contributed by atoms with Crippen molar-refractivity contribution in [1.82, 2.24) is 9.55 Å². The lowest BCUT2D eigenvalue weighted by Gasteiger charge is -2.17. The van der Waals surface area contributed by atoms with Crippen molar-refractivity contribution in [2.45, 2.75) is 27.3 Å². The molecule has 0 unspecified atom stereocenters. The Morgan fingerprint density at radius 2 is 1.81 bits per heavy atom. The van der Waals surface area contributed by atoms with Crippen LogP contribution in [0.5, 0.6) is 5.75 Å². The first-order chi connectivity index (χ1) is 12.9. The molecule has 140 valence electrons. The first-order valence-electron chi connectivity index (χ1n) is 8.63. The van der Waals surface area contributed by atoms with E-state index in [1.807, 2.05) is 26.8 Å². The minimum Gasteiger partial charge on any atom is -0.490 e. The van der Waals surface area contributed by atoms with Crippen molar-refractivity contribution in [3.8, 4) is 5.75 Å². The third kappa shape index (κ3) is 4.00. The van der Waals surface area contributed by atoms with Crippen LogP contribution in [0.25, 0.3) is 0 Å². The summed E-state index contributed by atoms with van der Waals surface area (Å²) in [5.74, 6) is 0.118. The number of aryl methyl sites for hydroxylation is 3. The summed E-state index contributed by atoms with van der Waals surface area (Å²) >= 11 is 0. The average Bonchev–Trinajstić information content (AvgIpc) is 2.63. The third-order valence-electron chi connectivity index (χ3n) is 4.57. The molecule has 0 saturated carbocycles. The third-order valence-corrected chi connectivity index (χ3v) is 4.57. The monoisotopic (exact) mass is 367 g/mol. The number of benzene rings is 2. The predicted octanol–water partition coefficient (Wildman–Crippen LogP) is 4.11. The fourth-order valence-corrected chi connectivity index (χ4v) is 2.86. The lowest BCUT2D eigenvalue weighted by molar-refractivity contribution is 0.402. The van der Waals surface area contributed by atoms with Crippen LogP contribution < -0.4 is 15.6 Å². The number of halogens is 1. The van der Waals surface area contributed by atoms with Gasteiger partial charge in [-0.3, -0.25) is 4.79 Å². The minimum atomic E-state index is -0.480. The van der Waals surface area contributed by atoms with E-state index in [1.54, 1.807) is 29.0 Å². The minimum absolute atomic E-state index is 0.105. The van der Waals surface area contributed by atoms with E-state index in [-0.39, 0.29) is 18.1 Å². The van der Waals surface area contributed by atoms with Crippen molar-refractivity contribution in [2.24, 2.45) is 0 Å². The molecule has 0 aliphatic heterocycles. The molecule has 0 aliphatic rings. The van der Waals surface area contributed by atoms with E-state index in [4.69, 9.17) is 4.74 Å². The zero-order valence-electron chi connectivity index (χ0n) is 15.8. The molecule has 3 rings (SSSR count). The van der Waals surface area contributed by atoms with Crippen molar-refractivity contribution in [3.05, 3.63) is 81.0 Å². The molecule has 0 aliphatic carbocycles. The quantitative estimate of drug-likeness (QED) is 0.737. The summed E-state index contributed by atoms with van der Waals surface area (Å²) in [4.78, 5) is 16.3. The molecule has 0 bridgehead atoms. The molecule has 0 amide bonds. The number of hydrogen-bond acceptors (Lipinski definition) is 4. The van der Waals surface area contributed by atoms with Gasteiger partial charge in [0.05, 0.1) is 19.9 Å². The van der Waals surface area contributed by atoms with E-state index in [0.717, 1.165) is 16.8 Å². The van der Waals surface area contributed by atoms with Crippen molar-refractivity contribution in [3.63, 3.8) is 0 Å². The van der Waals surface area contributed by atoms with E-state index >= 15 is 0 Å². The van der Waals surface area contributed by atoms with Gasteiger partial charge in [0.15, 0.2) is 0 Å². The Balaban J connectivity index is 2.06. The van der Waals surface area contributed by atoms with Gasteiger partial charge >= 0.3 is 5.56 Å². The number of rotatable bonds is 5. The number of nitrogens with zero attached hydrogens (tertiary/aromatic N) is 2. The van der Waals surface area contributed by atoms with Crippen molar-refractivity contribution in [1.29, 1.82) is 0 Å². The van der Waals surface area contributed by atoms with Gasteiger partial charge in [-0.15, -0.1) is 0 Å². The molecule has 0 atom stereocenters. The van der Waals surface area contributed by atoms with Gasteiger partial charge in [-0.2, -0.15) is 4.98 Å². The van der Waals surface area contributed by atoms with E-state index in [0.29, 0.717) is 11.5 Å². The summed E-state index contributed by atoms with van der Waals surface area (Å²) in [6.07, 6.45) is 1.54. The van der Waals surface area contributed by atoms with Gasteiger partial charge in [-0.1, -0.05) is 24.3 Å². The SMILES string of the molecule is COc1cn(Cc2ccccc2F)c(Nc2cc(C)c(C)cc2C)nc1=O. The second-order valence-electron chi connectivity index (χ2n) is 6.53. The van der Waals surface area contributed by atoms with Crippen LogP contribution in [0.1, 0.15) is 22.3 Å². The molecule has 0 spiro atoms. The Bertz CT molecular complexity index is 1040. The topological polar surface area (TPSA) is 56.1 Å². The first-order valence-corrected chi connectivity index (χ1v) is 8.63. The predicted molar refractivity (Wildman–Crippen MR) is 104 cm³/mol. The van der Waals surface area contributed by atoms with Gasteiger partial charge < -0.3 is 14.6 Å². The van der Waals surface area contributed by atoms with Gasteiger partial charge in [-0.25, -0.2) is 4.39 Å². The second-order valence-corrected chi connectivity index (χ2v) is 6.53. The van der Waals surface area contributed by atoms with E-state index in [9.17, 15) is 9.18 Å². The molecule has 6 heteroatoms. The molecule has 1 aromatic heterocycles. The van der Waals surface area contributed by atoms with E-state index in [2.05, 4.69) is 16.4 Å². The van der Waals surface area contributed by atoms with Crippen LogP contribution in [0.3, 0.4) is 0 Å². The largest absolute Gasteiger partial charge is 0.490 e. The van der Waals surface area contributed by atoms with Crippen LogP contribution in [0.15, 0.2) is 47.4 Å². The number of nitrogens with one attached hydrogen (secondary N) is 1. The number of aromatic nitrogens is 2. The summed E-state index contributed by atoms with van der Waals surface area (Å²) < 4.78 is 20.9. The van der Waals surface area contributed by atoms with Crippen LogP contribution in [0.2, 0.25) is 0 Å². The van der Waals surface area contributed by atoms with Crippen molar-refractivity contribution in [2.75, 3.05) is 12.4 Å². The van der Waals surface area contributed by atoms with Crippen LogP contribution >= 0.6 is 0 Å². The second kappa shape index (κ2) is 7.61. The smallest absolute Gasteiger partial charge is 0.316 e. The average molecular weight is 367 g/mol. The fraction of sp³-hybridized carbons (Fsp3) is 0.238. The van der Waals surface area contributed by atoms with Crippen LogP contribution in [0, 0.1) is 26.6 Å². The molecule has 0 fully saturated rings. The lowest BCUT2D eigenvalue weighted by Crippen LogP contribution is -2.19. The van der Waals surface area contributed by atoms with Crippen molar-refractivity contribution < 1.29 is 9.13 Å². The Kier molecular flexibility index (Phi) is 5.26. The van der Waals surface area contributed by atoms with Gasteiger partial charge in [-0.05, 0) is 49.6 Å². The summed E-state index contributed by atoms with van der Waals surface area (Å²) in [6.45, 7) is 6.26. The highest BCUT2D eigenvalue weighted by molar-refractivity contribution is 5.61. The highest BCUT2D eigenvalue weighted by Crippen LogP contribution is 2.24. The molecule has 2 aromatic carbocycles. The summed E-state index contributed by atoms with van der Waals surface area (Å²) in [6, 6.07) is 10.6. The summed E-state index contributed by atoms with van der Waals surface area (Å²) in [5.41, 5.74) is 4.19. The van der Waals surface area contributed by atoms with Gasteiger partial charge in [0.1, 0.15) is 5.82 Å². The van der Waals surface area contributed by atoms with Gasteiger partial charge in [0.25, 0.3) is 0 Å². The molecular weight excluding hydrogens is 345 g/mol. The standard InChI is InChI=1S/C21H22FN3O2/c1-13-9-15(3)18(10-14(13)2)23-21-24-20(26)19(27-4)12-25(21)11-16-7-5-6-8-17(16)22/h5-10,12H,11H2,1-4H3,(H,23,24,26). The zero-order valence-corrected chi connectivity index (χ0v) is 15.8. The maximum absolute atomic E-state index is 14.1. The number of ether oxygens (including phenoxy) is 1. The molecule has 3 aromatic rings. The maximum atomic E-state index is 14.1. The van der Waals surface area contributed by atoms with Crippen molar-refractivity contribution >= 4 is 11.6 Å². The van der Waals surface area contributed by atoms with E-state index in [1.165, 1.54) is 18.7 Å². The highest BCUT2D eigenvalue weighted by atomic mass is 19.1. The Labute approximate surface area is 157 Å².